The fourth-order valence-electron chi connectivity index (χ4n) is 1.72. The van der Waals surface area contributed by atoms with Crippen LogP contribution in [0, 0.1) is 11.5 Å². The minimum atomic E-state index is 0.0978. The highest BCUT2D eigenvalue weighted by Gasteiger charge is 2.23. The third kappa shape index (κ3) is 3.65. The first-order valence-corrected chi connectivity index (χ1v) is 5.03. The summed E-state index contributed by atoms with van der Waals surface area (Å²) < 4.78 is 10.5. The van der Waals surface area contributed by atoms with Gasteiger partial charge in [0.05, 0.1) is 6.10 Å². The highest BCUT2D eigenvalue weighted by Crippen LogP contribution is 2.23. The second-order valence-electron chi connectivity index (χ2n) is 3.49. The fraction of sp³-hybridized carbons (Fsp3) is 0.900. The monoisotopic (exact) mass is 183 g/mol. The summed E-state index contributed by atoms with van der Waals surface area (Å²) in [5.41, 5.74) is 0. The van der Waals surface area contributed by atoms with E-state index in [9.17, 15) is 0 Å². The number of nitrogens with zero attached hydrogens (tertiary/aromatic N) is 1. The van der Waals surface area contributed by atoms with Gasteiger partial charge < -0.3 is 9.47 Å². The van der Waals surface area contributed by atoms with Crippen LogP contribution in [0.15, 0.2) is 0 Å². The second-order valence-corrected chi connectivity index (χ2v) is 3.49. The molecule has 74 valence electrons. The molecular weight excluding hydrogens is 166 g/mol. The van der Waals surface area contributed by atoms with Crippen LogP contribution in [0.2, 0.25) is 0 Å². The second kappa shape index (κ2) is 5.82. The van der Waals surface area contributed by atoms with Crippen molar-refractivity contribution in [2.45, 2.75) is 51.2 Å². The number of hydrogen-bond donors (Lipinski definition) is 0. The Balaban J connectivity index is 2.21. The quantitative estimate of drug-likeness (QED) is 0.627. The van der Waals surface area contributed by atoms with E-state index in [2.05, 4.69) is 6.92 Å². The molecule has 3 heteroatoms. The Morgan fingerprint density at radius 1 is 1.38 bits per heavy atom. The lowest BCUT2D eigenvalue weighted by molar-refractivity contribution is -0.0151. The average molecular weight is 183 g/mol. The molecule has 0 radical (unpaired) electrons. The first-order valence-electron chi connectivity index (χ1n) is 5.03. The fourth-order valence-corrected chi connectivity index (χ4v) is 1.72. The van der Waals surface area contributed by atoms with Crippen LogP contribution < -0.4 is 0 Å². The summed E-state index contributed by atoms with van der Waals surface area (Å²) in [6.07, 6.45) is 7.33. The van der Waals surface area contributed by atoms with Crippen molar-refractivity contribution in [3.05, 3.63) is 0 Å². The molecule has 0 aromatic carbocycles. The van der Waals surface area contributed by atoms with Gasteiger partial charge in [-0.2, -0.15) is 5.26 Å². The normalized spacial score (nSPS) is 28.0. The summed E-state index contributed by atoms with van der Waals surface area (Å²) in [5, 5.41) is 8.37. The van der Waals surface area contributed by atoms with Crippen molar-refractivity contribution in [1.29, 1.82) is 5.26 Å². The van der Waals surface area contributed by atoms with Crippen LogP contribution in [0.5, 0.6) is 0 Å². The zero-order valence-corrected chi connectivity index (χ0v) is 8.16. The maximum atomic E-state index is 8.37. The van der Waals surface area contributed by atoms with Gasteiger partial charge in [-0.1, -0.05) is 6.92 Å². The molecule has 0 bridgehead atoms. The molecule has 0 spiro atoms. The molecule has 0 heterocycles. The molecule has 0 aromatic heterocycles. The van der Waals surface area contributed by atoms with Crippen LogP contribution in [0.3, 0.4) is 0 Å². The van der Waals surface area contributed by atoms with Crippen LogP contribution in [0.1, 0.15) is 39.0 Å². The Bertz CT molecular complexity index is 176. The zero-order valence-electron chi connectivity index (χ0n) is 8.16. The standard InChI is InChI=1S/C10H17NO2/c1-2-6-12-9-4-3-5-10(7-9)13-8-11/h9-10H,2-7H2,1H3. The predicted molar refractivity (Wildman–Crippen MR) is 49.0 cm³/mol. The first-order chi connectivity index (χ1) is 6.36. The summed E-state index contributed by atoms with van der Waals surface area (Å²) in [4.78, 5) is 0. The highest BCUT2D eigenvalue weighted by atomic mass is 16.5. The van der Waals surface area contributed by atoms with Gasteiger partial charge in [-0.15, -0.1) is 0 Å². The maximum Gasteiger partial charge on any atom is 0.286 e. The Hall–Kier alpha value is -0.750. The van der Waals surface area contributed by atoms with Crippen LogP contribution in [0.25, 0.3) is 0 Å². The van der Waals surface area contributed by atoms with Crippen molar-refractivity contribution < 1.29 is 9.47 Å². The van der Waals surface area contributed by atoms with Crippen molar-refractivity contribution >= 4 is 0 Å². The molecule has 0 aliphatic heterocycles. The summed E-state index contributed by atoms with van der Waals surface area (Å²) in [7, 11) is 0. The molecular formula is C10H17NO2. The lowest BCUT2D eigenvalue weighted by Gasteiger charge is -2.27. The molecule has 13 heavy (non-hydrogen) atoms. The Labute approximate surface area is 79.6 Å². The van der Waals surface area contributed by atoms with Gasteiger partial charge >= 0.3 is 0 Å². The van der Waals surface area contributed by atoms with Gasteiger partial charge in [0.15, 0.2) is 0 Å². The molecule has 1 fully saturated rings. The number of rotatable bonds is 4. The molecule has 1 rings (SSSR count). The van der Waals surface area contributed by atoms with Gasteiger partial charge in [0.1, 0.15) is 6.10 Å². The minimum Gasteiger partial charge on any atom is -0.424 e. The Morgan fingerprint density at radius 2 is 2.15 bits per heavy atom. The lowest BCUT2D eigenvalue weighted by Crippen LogP contribution is -2.27. The topological polar surface area (TPSA) is 42.2 Å². The smallest absolute Gasteiger partial charge is 0.286 e. The molecule has 0 aromatic rings. The van der Waals surface area contributed by atoms with Gasteiger partial charge in [-0.3, -0.25) is 0 Å². The Kier molecular flexibility index (Phi) is 4.63. The SMILES string of the molecule is CCCOC1CCCC(OC#N)C1. The van der Waals surface area contributed by atoms with Crippen molar-refractivity contribution in [2.24, 2.45) is 0 Å². The van der Waals surface area contributed by atoms with Crippen LogP contribution in [-0.2, 0) is 9.47 Å². The maximum absolute atomic E-state index is 8.37. The molecule has 3 nitrogen and oxygen atoms in total. The van der Waals surface area contributed by atoms with Crippen molar-refractivity contribution in [1.82, 2.24) is 0 Å². The zero-order chi connectivity index (χ0) is 9.52. The average Bonchev–Trinajstić information content (AvgIpc) is 2.16. The third-order valence-corrected chi connectivity index (χ3v) is 2.36. The van der Waals surface area contributed by atoms with E-state index in [1.54, 1.807) is 6.26 Å². The minimum absolute atomic E-state index is 0.0978. The van der Waals surface area contributed by atoms with Crippen molar-refractivity contribution in [3.63, 3.8) is 0 Å². The summed E-state index contributed by atoms with van der Waals surface area (Å²) in [6, 6.07) is 0. The van der Waals surface area contributed by atoms with E-state index >= 15 is 0 Å². The summed E-state index contributed by atoms with van der Waals surface area (Å²) >= 11 is 0. The molecule has 0 saturated heterocycles. The van der Waals surface area contributed by atoms with E-state index in [0.717, 1.165) is 38.7 Å². The largest absolute Gasteiger partial charge is 0.424 e. The van der Waals surface area contributed by atoms with Gasteiger partial charge in [0.2, 0.25) is 0 Å². The molecule has 1 saturated carbocycles. The van der Waals surface area contributed by atoms with Gasteiger partial charge in [-0.05, 0) is 25.7 Å². The van der Waals surface area contributed by atoms with Crippen molar-refractivity contribution in [3.8, 4) is 6.26 Å². The van der Waals surface area contributed by atoms with Crippen molar-refractivity contribution in [2.75, 3.05) is 6.61 Å². The van der Waals surface area contributed by atoms with Crippen LogP contribution >= 0.6 is 0 Å². The summed E-state index contributed by atoms with van der Waals surface area (Å²) in [6.45, 7) is 2.93. The van der Waals surface area contributed by atoms with E-state index in [1.165, 1.54) is 0 Å². The van der Waals surface area contributed by atoms with Crippen LogP contribution in [-0.4, -0.2) is 18.8 Å². The van der Waals surface area contributed by atoms with E-state index in [0.29, 0.717) is 6.10 Å². The number of nitriles is 1. The van der Waals surface area contributed by atoms with Crippen LogP contribution in [0.4, 0.5) is 0 Å². The number of ether oxygens (including phenoxy) is 2. The number of hydrogen-bond acceptors (Lipinski definition) is 3. The Morgan fingerprint density at radius 3 is 2.85 bits per heavy atom. The third-order valence-electron chi connectivity index (χ3n) is 2.36. The van der Waals surface area contributed by atoms with E-state index in [4.69, 9.17) is 14.7 Å². The molecule has 0 amide bonds. The lowest BCUT2D eigenvalue weighted by atomic mass is 9.95. The molecule has 0 N–H and O–H groups in total. The molecule has 2 atom stereocenters. The van der Waals surface area contributed by atoms with E-state index in [-0.39, 0.29) is 6.10 Å². The van der Waals surface area contributed by atoms with Gasteiger partial charge in [0, 0.05) is 13.0 Å². The molecule has 1 aliphatic carbocycles. The van der Waals surface area contributed by atoms with Gasteiger partial charge in [0.25, 0.3) is 6.26 Å². The molecule has 2 unspecified atom stereocenters. The highest BCUT2D eigenvalue weighted by molar-refractivity contribution is 4.75. The summed E-state index contributed by atoms with van der Waals surface area (Å²) in [5.74, 6) is 0. The molecule has 1 aliphatic rings. The van der Waals surface area contributed by atoms with E-state index < -0.39 is 0 Å². The first kappa shape index (κ1) is 10.3. The van der Waals surface area contributed by atoms with Gasteiger partial charge in [-0.25, -0.2) is 0 Å². The predicted octanol–water partition coefficient (Wildman–Crippen LogP) is 2.22. The van der Waals surface area contributed by atoms with E-state index in [1.807, 2.05) is 0 Å².